The Kier molecular flexibility index (Phi) is 2.77. The standard InChI is InChI=1S/C14H15NO4/c16-12-9-13(14(12)7-3-4-8-14)19-11-6-2-1-5-10(11)15(17)18/h1-2,5-6,13H,3-4,7-9H2. The Morgan fingerprint density at radius 2 is 1.95 bits per heavy atom. The molecule has 1 aromatic rings. The lowest BCUT2D eigenvalue weighted by molar-refractivity contribution is -0.386. The van der Waals surface area contributed by atoms with Crippen LogP contribution in [0.5, 0.6) is 5.75 Å². The molecule has 100 valence electrons. The Bertz CT molecular complexity index is 534. The molecule has 2 saturated carbocycles. The predicted molar refractivity (Wildman–Crippen MR) is 68.0 cm³/mol. The average Bonchev–Trinajstić information content (AvgIpc) is 2.91. The number of hydrogen-bond acceptors (Lipinski definition) is 4. The van der Waals surface area contributed by atoms with Crippen LogP contribution in [0, 0.1) is 15.5 Å². The summed E-state index contributed by atoms with van der Waals surface area (Å²) in [5.41, 5.74) is -0.390. The largest absolute Gasteiger partial charge is 0.482 e. The first-order chi connectivity index (χ1) is 9.13. The van der Waals surface area contributed by atoms with E-state index in [4.69, 9.17) is 4.74 Å². The third-order valence-corrected chi connectivity index (χ3v) is 4.37. The van der Waals surface area contributed by atoms with Crippen LogP contribution in [-0.2, 0) is 4.79 Å². The molecule has 5 nitrogen and oxygen atoms in total. The topological polar surface area (TPSA) is 69.4 Å². The fourth-order valence-electron chi connectivity index (χ4n) is 3.24. The quantitative estimate of drug-likeness (QED) is 0.619. The van der Waals surface area contributed by atoms with Gasteiger partial charge in [-0.1, -0.05) is 25.0 Å². The molecule has 0 saturated heterocycles. The van der Waals surface area contributed by atoms with Crippen LogP contribution >= 0.6 is 0 Å². The maximum atomic E-state index is 11.9. The number of nitrogens with zero attached hydrogens (tertiary/aromatic N) is 1. The number of hydrogen-bond donors (Lipinski definition) is 0. The van der Waals surface area contributed by atoms with Crippen molar-refractivity contribution < 1.29 is 14.5 Å². The number of para-hydroxylation sites is 2. The van der Waals surface area contributed by atoms with Crippen LogP contribution in [0.3, 0.4) is 0 Å². The van der Waals surface area contributed by atoms with Crippen LogP contribution in [0.4, 0.5) is 5.69 Å². The smallest absolute Gasteiger partial charge is 0.310 e. The zero-order chi connectivity index (χ0) is 13.5. The van der Waals surface area contributed by atoms with Crippen LogP contribution in [0.1, 0.15) is 32.1 Å². The molecule has 0 heterocycles. The van der Waals surface area contributed by atoms with Gasteiger partial charge in [-0.25, -0.2) is 0 Å². The Morgan fingerprint density at radius 3 is 2.58 bits per heavy atom. The van der Waals surface area contributed by atoms with E-state index in [0.717, 1.165) is 25.7 Å². The second-order valence-corrected chi connectivity index (χ2v) is 5.32. The van der Waals surface area contributed by atoms with Gasteiger partial charge in [-0.2, -0.15) is 0 Å². The van der Waals surface area contributed by atoms with E-state index in [0.29, 0.717) is 6.42 Å². The first-order valence-corrected chi connectivity index (χ1v) is 6.57. The molecule has 0 aliphatic heterocycles. The van der Waals surface area contributed by atoms with Gasteiger partial charge in [-0.15, -0.1) is 0 Å². The highest BCUT2D eigenvalue weighted by Gasteiger charge is 2.57. The Labute approximate surface area is 110 Å². The van der Waals surface area contributed by atoms with Crippen molar-refractivity contribution in [1.29, 1.82) is 0 Å². The zero-order valence-electron chi connectivity index (χ0n) is 10.5. The Morgan fingerprint density at radius 1 is 1.26 bits per heavy atom. The number of nitro benzene ring substituents is 1. The van der Waals surface area contributed by atoms with Gasteiger partial charge < -0.3 is 4.74 Å². The van der Waals surface area contributed by atoms with E-state index in [1.165, 1.54) is 6.07 Å². The van der Waals surface area contributed by atoms with E-state index in [9.17, 15) is 14.9 Å². The van der Waals surface area contributed by atoms with Crippen molar-refractivity contribution in [1.82, 2.24) is 0 Å². The SMILES string of the molecule is O=C1CC(Oc2ccccc2[N+](=O)[O-])C12CCCC2. The van der Waals surface area contributed by atoms with Crippen LogP contribution in [0.15, 0.2) is 24.3 Å². The van der Waals surface area contributed by atoms with E-state index >= 15 is 0 Å². The number of carbonyl (C=O) groups excluding carboxylic acids is 1. The fourth-order valence-corrected chi connectivity index (χ4v) is 3.24. The Balaban J connectivity index is 1.83. The van der Waals surface area contributed by atoms with Crippen molar-refractivity contribution in [2.24, 2.45) is 5.41 Å². The van der Waals surface area contributed by atoms with Gasteiger partial charge in [0.2, 0.25) is 0 Å². The molecule has 19 heavy (non-hydrogen) atoms. The van der Waals surface area contributed by atoms with Gasteiger partial charge in [0, 0.05) is 12.5 Å². The van der Waals surface area contributed by atoms with Crippen molar-refractivity contribution in [3.8, 4) is 5.75 Å². The maximum Gasteiger partial charge on any atom is 0.310 e. The van der Waals surface area contributed by atoms with E-state index < -0.39 is 4.92 Å². The third kappa shape index (κ3) is 1.80. The monoisotopic (exact) mass is 261 g/mol. The van der Waals surface area contributed by atoms with Crippen molar-refractivity contribution in [2.45, 2.75) is 38.2 Å². The summed E-state index contributed by atoms with van der Waals surface area (Å²) < 4.78 is 5.79. The van der Waals surface area contributed by atoms with Crippen molar-refractivity contribution >= 4 is 11.5 Å². The second-order valence-electron chi connectivity index (χ2n) is 5.32. The average molecular weight is 261 g/mol. The van der Waals surface area contributed by atoms with E-state index in [2.05, 4.69) is 0 Å². The molecule has 1 atom stereocenters. The number of benzene rings is 1. The zero-order valence-corrected chi connectivity index (χ0v) is 10.5. The number of rotatable bonds is 3. The molecule has 1 unspecified atom stereocenters. The molecule has 0 aromatic heterocycles. The Hall–Kier alpha value is -1.91. The minimum absolute atomic E-state index is 0.0324. The second kappa shape index (κ2) is 4.33. The summed E-state index contributed by atoms with van der Waals surface area (Å²) in [4.78, 5) is 22.4. The van der Waals surface area contributed by atoms with Gasteiger partial charge in [0.15, 0.2) is 5.75 Å². The van der Waals surface area contributed by atoms with Gasteiger partial charge in [0.1, 0.15) is 11.9 Å². The number of Topliss-reactive ketones (excluding diaryl/α,β-unsaturated/α-hetero) is 1. The fraction of sp³-hybridized carbons (Fsp3) is 0.500. The lowest BCUT2D eigenvalue weighted by Crippen LogP contribution is -2.55. The first kappa shape index (κ1) is 12.1. The summed E-state index contributed by atoms with van der Waals surface area (Å²) in [6.07, 6.45) is 3.99. The molecule has 2 aliphatic rings. The molecular weight excluding hydrogens is 246 g/mol. The highest BCUT2D eigenvalue weighted by molar-refractivity contribution is 5.92. The molecule has 3 rings (SSSR count). The summed E-state index contributed by atoms with van der Waals surface area (Å²) in [7, 11) is 0. The minimum Gasteiger partial charge on any atom is -0.482 e. The van der Waals surface area contributed by atoms with Crippen molar-refractivity contribution in [2.75, 3.05) is 0 Å². The lowest BCUT2D eigenvalue weighted by atomic mass is 9.63. The minimum atomic E-state index is -0.447. The number of ketones is 1. The summed E-state index contributed by atoms with van der Waals surface area (Å²) in [6, 6.07) is 6.35. The molecule has 5 heteroatoms. The molecule has 1 spiro atoms. The first-order valence-electron chi connectivity index (χ1n) is 6.57. The molecule has 0 radical (unpaired) electrons. The van der Waals surface area contributed by atoms with Gasteiger partial charge >= 0.3 is 5.69 Å². The number of nitro groups is 1. The van der Waals surface area contributed by atoms with Crippen LogP contribution in [0.25, 0.3) is 0 Å². The molecule has 2 aliphatic carbocycles. The molecule has 0 N–H and O–H groups in total. The van der Waals surface area contributed by atoms with Crippen molar-refractivity contribution in [3.63, 3.8) is 0 Å². The highest BCUT2D eigenvalue weighted by Crippen LogP contribution is 2.52. The maximum absolute atomic E-state index is 11.9. The van der Waals surface area contributed by atoms with Gasteiger partial charge in [-0.3, -0.25) is 14.9 Å². The molecule has 0 bridgehead atoms. The van der Waals surface area contributed by atoms with Crippen LogP contribution < -0.4 is 4.74 Å². The molecule has 0 amide bonds. The van der Waals surface area contributed by atoms with Crippen LogP contribution in [-0.4, -0.2) is 16.8 Å². The molecule has 2 fully saturated rings. The molecular formula is C14H15NO4. The predicted octanol–water partition coefficient (Wildman–Crippen LogP) is 2.88. The number of carbonyl (C=O) groups is 1. The van der Waals surface area contributed by atoms with E-state index in [-0.39, 0.29) is 28.7 Å². The molecule has 1 aromatic carbocycles. The normalized spacial score (nSPS) is 24.2. The summed E-state index contributed by atoms with van der Waals surface area (Å²) in [6.45, 7) is 0. The van der Waals surface area contributed by atoms with Gasteiger partial charge in [0.05, 0.1) is 10.3 Å². The van der Waals surface area contributed by atoms with E-state index in [1.54, 1.807) is 18.2 Å². The summed E-state index contributed by atoms with van der Waals surface area (Å²) >= 11 is 0. The van der Waals surface area contributed by atoms with Crippen LogP contribution in [0.2, 0.25) is 0 Å². The van der Waals surface area contributed by atoms with Gasteiger partial charge in [0.25, 0.3) is 0 Å². The van der Waals surface area contributed by atoms with Crippen molar-refractivity contribution in [3.05, 3.63) is 34.4 Å². The summed E-state index contributed by atoms with van der Waals surface area (Å²) in [5, 5.41) is 10.9. The van der Waals surface area contributed by atoms with E-state index in [1.807, 2.05) is 0 Å². The third-order valence-electron chi connectivity index (χ3n) is 4.37. The number of ether oxygens (including phenoxy) is 1. The highest BCUT2D eigenvalue weighted by atomic mass is 16.6. The summed E-state index contributed by atoms with van der Waals surface area (Å²) in [5.74, 6) is 0.532. The van der Waals surface area contributed by atoms with Gasteiger partial charge in [-0.05, 0) is 18.9 Å². The lowest BCUT2D eigenvalue weighted by Gasteiger charge is -2.44.